The maximum atomic E-state index is 6.40. The maximum Gasteiger partial charge on any atom is 0.119 e. The number of methoxy groups -OCH3 is 1. The average Bonchev–Trinajstić information content (AvgIpc) is 2.39. The van der Waals surface area contributed by atoms with Gasteiger partial charge in [0.1, 0.15) is 5.75 Å². The minimum Gasteiger partial charge on any atom is -0.497 e. The third-order valence-electron chi connectivity index (χ3n) is 3.00. The molecule has 0 saturated heterocycles. The number of rotatable bonds is 4. The quantitative estimate of drug-likeness (QED) is 0.896. The van der Waals surface area contributed by atoms with Crippen LogP contribution in [0.3, 0.4) is 0 Å². The first-order valence-electron chi connectivity index (χ1n) is 5.95. The molecule has 3 heteroatoms. The van der Waals surface area contributed by atoms with Crippen LogP contribution < -0.4 is 10.5 Å². The molecule has 94 valence electrons. The van der Waals surface area contributed by atoms with Gasteiger partial charge in [-0.2, -0.15) is 0 Å². The first kappa shape index (κ1) is 12.6. The Bertz CT molecular complexity index is 509. The largest absolute Gasteiger partial charge is 0.497 e. The van der Waals surface area contributed by atoms with Gasteiger partial charge in [-0.1, -0.05) is 18.2 Å². The smallest absolute Gasteiger partial charge is 0.119 e. The summed E-state index contributed by atoms with van der Waals surface area (Å²) in [5.41, 5.74) is 7.98. The van der Waals surface area contributed by atoms with Crippen molar-refractivity contribution in [2.75, 3.05) is 7.11 Å². The fourth-order valence-electron chi connectivity index (χ4n) is 1.96. The number of hydrogen-bond acceptors (Lipinski definition) is 3. The van der Waals surface area contributed by atoms with E-state index in [9.17, 15) is 0 Å². The normalized spacial score (nSPS) is 13.9. The number of aromatic nitrogens is 1. The number of nitrogens with zero attached hydrogens (tertiary/aromatic N) is 1. The van der Waals surface area contributed by atoms with E-state index >= 15 is 0 Å². The molecule has 0 amide bonds. The number of hydrogen-bond donors (Lipinski definition) is 1. The highest BCUT2D eigenvalue weighted by Crippen LogP contribution is 2.25. The van der Waals surface area contributed by atoms with Crippen molar-refractivity contribution in [3.63, 3.8) is 0 Å². The Morgan fingerprint density at radius 2 is 2.06 bits per heavy atom. The minimum atomic E-state index is -0.455. The Balaban J connectivity index is 2.24. The summed E-state index contributed by atoms with van der Waals surface area (Å²) >= 11 is 0. The summed E-state index contributed by atoms with van der Waals surface area (Å²) in [7, 11) is 1.66. The van der Waals surface area contributed by atoms with Crippen LogP contribution in [0.2, 0.25) is 0 Å². The van der Waals surface area contributed by atoms with Crippen molar-refractivity contribution < 1.29 is 4.74 Å². The minimum absolute atomic E-state index is 0.455. The van der Waals surface area contributed by atoms with Crippen LogP contribution in [-0.2, 0) is 12.0 Å². The molecule has 0 radical (unpaired) electrons. The molecule has 0 aliphatic heterocycles. The molecular formula is C15H18N2O. The van der Waals surface area contributed by atoms with E-state index < -0.39 is 5.54 Å². The molecule has 2 N–H and O–H groups in total. The van der Waals surface area contributed by atoms with E-state index in [0.29, 0.717) is 6.42 Å². The van der Waals surface area contributed by atoms with Crippen LogP contribution in [-0.4, -0.2) is 12.1 Å². The predicted molar refractivity (Wildman–Crippen MR) is 72.5 cm³/mol. The van der Waals surface area contributed by atoms with Gasteiger partial charge in [0.25, 0.3) is 0 Å². The molecule has 1 unspecified atom stereocenters. The lowest BCUT2D eigenvalue weighted by molar-refractivity contribution is 0.410. The summed E-state index contributed by atoms with van der Waals surface area (Å²) in [6.07, 6.45) is 2.48. The SMILES string of the molecule is COc1cccc(C(C)(N)Cc2ccccn2)c1. The van der Waals surface area contributed by atoms with Crippen LogP contribution in [0.1, 0.15) is 18.2 Å². The number of pyridine rings is 1. The van der Waals surface area contributed by atoms with E-state index in [1.165, 1.54) is 0 Å². The highest BCUT2D eigenvalue weighted by Gasteiger charge is 2.22. The molecular weight excluding hydrogens is 224 g/mol. The second-order valence-corrected chi connectivity index (χ2v) is 4.65. The van der Waals surface area contributed by atoms with Crippen molar-refractivity contribution in [2.24, 2.45) is 5.73 Å². The topological polar surface area (TPSA) is 48.1 Å². The average molecular weight is 242 g/mol. The summed E-state index contributed by atoms with van der Waals surface area (Å²) in [5, 5.41) is 0. The van der Waals surface area contributed by atoms with Crippen LogP contribution in [0, 0.1) is 0 Å². The fraction of sp³-hybridized carbons (Fsp3) is 0.267. The van der Waals surface area contributed by atoms with Gasteiger partial charge in [-0.25, -0.2) is 0 Å². The summed E-state index contributed by atoms with van der Waals surface area (Å²) in [6, 6.07) is 13.7. The lowest BCUT2D eigenvalue weighted by Crippen LogP contribution is -2.35. The van der Waals surface area contributed by atoms with Gasteiger partial charge in [-0.15, -0.1) is 0 Å². The molecule has 2 rings (SSSR count). The first-order chi connectivity index (χ1) is 8.62. The standard InChI is InChI=1S/C15H18N2O/c1-15(16,11-13-7-3-4-9-17-13)12-6-5-8-14(10-12)18-2/h3-10H,11,16H2,1-2H3. The Morgan fingerprint density at radius 3 is 2.72 bits per heavy atom. The van der Waals surface area contributed by atoms with Crippen LogP contribution in [0.4, 0.5) is 0 Å². The molecule has 1 heterocycles. The Kier molecular flexibility index (Phi) is 3.63. The van der Waals surface area contributed by atoms with Crippen molar-refractivity contribution in [3.8, 4) is 5.75 Å². The second-order valence-electron chi connectivity index (χ2n) is 4.65. The van der Waals surface area contributed by atoms with Crippen molar-refractivity contribution in [2.45, 2.75) is 18.9 Å². The third-order valence-corrected chi connectivity index (χ3v) is 3.00. The molecule has 1 aromatic heterocycles. The lowest BCUT2D eigenvalue weighted by Gasteiger charge is -2.25. The Morgan fingerprint density at radius 1 is 1.22 bits per heavy atom. The Labute approximate surface area is 108 Å². The number of nitrogens with two attached hydrogens (primary N) is 1. The van der Waals surface area contributed by atoms with Gasteiger partial charge in [0, 0.05) is 23.9 Å². The van der Waals surface area contributed by atoms with Gasteiger partial charge < -0.3 is 10.5 Å². The van der Waals surface area contributed by atoms with E-state index in [1.54, 1.807) is 13.3 Å². The van der Waals surface area contributed by atoms with E-state index in [0.717, 1.165) is 17.0 Å². The monoisotopic (exact) mass is 242 g/mol. The van der Waals surface area contributed by atoms with Gasteiger partial charge in [0.2, 0.25) is 0 Å². The zero-order valence-electron chi connectivity index (χ0n) is 10.8. The van der Waals surface area contributed by atoms with Crippen molar-refractivity contribution >= 4 is 0 Å². The third kappa shape index (κ3) is 2.87. The highest BCUT2D eigenvalue weighted by atomic mass is 16.5. The van der Waals surface area contributed by atoms with Gasteiger partial charge >= 0.3 is 0 Å². The molecule has 0 fully saturated rings. The summed E-state index contributed by atoms with van der Waals surface area (Å²) in [5.74, 6) is 0.824. The van der Waals surface area contributed by atoms with Crippen molar-refractivity contribution in [3.05, 3.63) is 59.9 Å². The zero-order valence-corrected chi connectivity index (χ0v) is 10.8. The molecule has 1 atom stereocenters. The number of benzene rings is 1. The molecule has 1 aromatic carbocycles. The summed E-state index contributed by atoms with van der Waals surface area (Å²) in [4.78, 5) is 4.32. The molecule has 0 saturated carbocycles. The number of ether oxygens (including phenoxy) is 1. The van der Waals surface area contributed by atoms with Crippen LogP contribution in [0.15, 0.2) is 48.7 Å². The van der Waals surface area contributed by atoms with Crippen molar-refractivity contribution in [1.82, 2.24) is 4.98 Å². The first-order valence-corrected chi connectivity index (χ1v) is 5.95. The van der Waals surface area contributed by atoms with Gasteiger partial charge in [-0.3, -0.25) is 4.98 Å². The van der Waals surface area contributed by atoms with Gasteiger partial charge in [0.05, 0.1) is 7.11 Å². The lowest BCUT2D eigenvalue weighted by atomic mass is 9.88. The van der Waals surface area contributed by atoms with Crippen molar-refractivity contribution in [1.29, 1.82) is 0 Å². The predicted octanol–water partition coefficient (Wildman–Crippen LogP) is 2.51. The fourth-order valence-corrected chi connectivity index (χ4v) is 1.96. The van der Waals surface area contributed by atoms with E-state index in [4.69, 9.17) is 10.5 Å². The molecule has 0 aliphatic rings. The maximum absolute atomic E-state index is 6.40. The van der Waals surface area contributed by atoms with Gasteiger partial charge in [-0.05, 0) is 36.8 Å². The highest BCUT2D eigenvalue weighted by molar-refractivity contribution is 5.33. The molecule has 0 aliphatic carbocycles. The molecule has 0 spiro atoms. The molecule has 18 heavy (non-hydrogen) atoms. The van der Waals surface area contributed by atoms with Gasteiger partial charge in [0.15, 0.2) is 0 Å². The molecule has 3 nitrogen and oxygen atoms in total. The summed E-state index contributed by atoms with van der Waals surface area (Å²) in [6.45, 7) is 2.01. The Hall–Kier alpha value is -1.87. The van der Waals surface area contributed by atoms with E-state index in [2.05, 4.69) is 4.98 Å². The van der Waals surface area contributed by atoms with Crippen LogP contribution >= 0.6 is 0 Å². The van der Waals surface area contributed by atoms with Crippen LogP contribution in [0.5, 0.6) is 5.75 Å². The molecule has 0 bridgehead atoms. The van der Waals surface area contributed by atoms with E-state index in [1.807, 2.05) is 49.4 Å². The molecule has 2 aromatic rings. The van der Waals surface area contributed by atoms with E-state index in [-0.39, 0.29) is 0 Å². The zero-order chi connectivity index (χ0) is 13.0. The van der Waals surface area contributed by atoms with Crippen LogP contribution in [0.25, 0.3) is 0 Å². The summed E-state index contributed by atoms with van der Waals surface area (Å²) < 4.78 is 5.23. The second kappa shape index (κ2) is 5.19.